The fraction of sp³-hybridized carbons (Fsp3) is 0.118. The summed E-state index contributed by atoms with van der Waals surface area (Å²) in [6.07, 6.45) is 0.953. The minimum absolute atomic E-state index is 0.0244. The van der Waals surface area contributed by atoms with Crippen molar-refractivity contribution in [3.8, 4) is 11.5 Å². The van der Waals surface area contributed by atoms with Crippen LogP contribution in [0.5, 0.6) is 11.5 Å². The molecule has 0 saturated heterocycles. The van der Waals surface area contributed by atoms with Gasteiger partial charge in [-0.3, -0.25) is 0 Å². The van der Waals surface area contributed by atoms with Crippen molar-refractivity contribution in [2.75, 3.05) is 0 Å². The summed E-state index contributed by atoms with van der Waals surface area (Å²) in [7, 11) is 0. The van der Waals surface area contributed by atoms with E-state index in [9.17, 15) is 9.18 Å². The van der Waals surface area contributed by atoms with Gasteiger partial charge in [0.25, 0.3) is 0 Å². The molecule has 2 aromatic rings. The Labute approximate surface area is 143 Å². The van der Waals surface area contributed by atoms with Crippen LogP contribution in [0, 0.1) is 5.82 Å². The van der Waals surface area contributed by atoms with Crippen LogP contribution in [0.4, 0.5) is 4.39 Å². The highest BCUT2D eigenvalue weighted by Gasteiger charge is 2.24. The van der Waals surface area contributed by atoms with Gasteiger partial charge < -0.3 is 14.1 Å². The van der Waals surface area contributed by atoms with E-state index in [0.717, 1.165) is 23.4 Å². The van der Waals surface area contributed by atoms with Gasteiger partial charge in [0, 0.05) is 6.07 Å². The number of carbonyl (C=O) groups excluding carboxylic acids is 1. The van der Waals surface area contributed by atoms with Crippen molar-refractivity contribution in [3.63, 3.8) is 0 Å². The molecule has 2 aromatic carbocycles. The molecular formula is C17H13BClFO4. The summed E-state index contributed by atoms with van der Waals surface area (Å²) in [5, 5.41) is 0.0244. The van der Waals surface area contributed by atoms with Crippen LogP contribution in [-0.4, -0.2) is 12.9 Å². The van der Waals surface area contributed by atoms with E-state index < -0.39 is 11.8 Å². The van der Waals surface area contributed by atoms with E-state index in [-0.39, 0.29) is 23.3 Å². The standard InChI is InChI=1S/C17H13BClFO4/c1-3-22-17(21)12-7-15(20)16(8-14(12)19)24-11-4-5-13-10(6-11)9-23-18(13)2/h3-8H,1,9H2,2H3. The van der Waals surface area contributed by atoms with Gasteiger partial charge in [-0.05, 0) is 29.2 Å². The third kappa shape index (κ3) is 3.16. The average molecular weight is 347 g/mol. The van der Waals surface area contributed by atoms with Crippen LogP contribution in [0.25, 0.3) is 0 Å². The first kappa shape index (κ1) is 16.5. The average Bonchev–Trinajstić information content (AvgIpc) is 2.91. The summed E-state index contributed by atoms with van der Waals surface area (Å²) in [5.41, 5.74) is 1.98. The van der Waals surface area contributed by atoms with E-state index in [4.69, 9.17) is 21.0 Å². The van der Waals surface area contributed by atoms with E-state index in [1.54, 1.807) is 12.1 Å². The van der Waals surface area contributed by atoms with Gasteiger partial charge in [0.1, 0.15) is 5.75 Å². The monoisotopic (exact) mass is 346 g/mol. The molecule has 0 saturated carbocycles. The van der Waals surface area contributed by atoms with E-state index in [2.05, 4.69) is 11.3 Å². The Balaban J connectivity index is 1.87. The molecule has 3 rings (SSSR count). The van der Waals surface area contributed by atoms with Gasteiger partial charge in [-0.1, -0.05) is 31.1 Å². The number of ether oxygens (including phenoxy) is 2. The quantitative estimate of drug-likeness (QED) is 0.478. The smallest absolute Gasteiger partial charge is 0.344 e. The van der Waals surface area contributed by atoms with Gasteiger partial charge in [0.2, 0.25) is 0 Å². The van der Waals surface area contributed by atoms with Gasteiger partial charge in [-0.2, -0.15) is 0 Å². The van der Waals surface area contributed by atoms with Crippen LogP contribution in [0.1, 0.15) is 15.9 Å². The lowest BCUT2D eigenvalue weighted by molar-refractivity contribution is 0.0664. The number of carbonyl (C=O) groups is 1. The Morgan fingerprint density at radius 1 is 1.42 bits per heavy atom. The van der Waals surface area contributed by atoms with Gasteiger partial charge in [0.15, 0.2) is 11.6 Å². The minimum Gasteiger partial charge on any atom is -0.454 e. The fourth-order valence-electron chi connectivity index (χ4n) is 2.50. The highest BCUT2D eigenvalue weighted by atomic mass is 35.5. The van der Waals surface area contributed by atoms with Crippen molar-refractivity contribution in [1.29, 1.82) is 0 Å². The number of benzene rings is 2. The predicted molar refractivity (Wildman–Crippen MR) is 89.6 cm³/mol. The number of esters is 1. The highest BCUT2D eigenvalue weighted by molar-refractivity contribution is 6.67. The Bertz CT molecular complexity index is 824. The number of hydrogen-bond donors (Lipinski definition) is 0. The third-order valence-corrected chi connectivity index (χ3v) is 4.01. The molecule has 1 heterocycles. The molecule has 1 aliphatic rings. The normalized spacial score (nSPS) is 12.7. The maximum Gasteiger partial charge on any atom is 0.344 e. The Morgan fingerprint density at radius 2 is 2.21 bits per heavy atom. The van der Waals surface area contributed by atoms with E-state index >= 15 is 0 Å². The minimum atomic E-state index is -0.788. The van der Waals surface area contributed by atoms with Crippen molar-refractivity contribution in [1.82, 2.24) is 0 Å². The molecule has 122 valence electrons. The lowest BCUT2D eigenvalue weighted by Gasteiger charge is -2.10. The zero-order valence-corrected chi connectivity index (χ0v) is 13.6. The highest BCUT2D eigenvalue weighted by Crippen LogP contribution is 2.31. The molecule has 0 unspecified atom stereocenters. The first-order chi connectivity index (χ1) is 11.5. The molecule has 0 aromatic heterocycles. The number of rotatable bonds is 4. The molecule has 4 nitrogen and oxygen atoms in total. The maximum absolute atomic E-state index is 14.2. The summed E-state index contributed by atoms with van der Waals surface area (Å²) in [6, 6.07) is 7.63. The zero-order chi connectivity index (χ0) is 17.3. The lowest BCUT2D eigenvalue weighted by Crippen LogP contribution is -2.23. The Hall–Kier alpha value is -2.31. The molecule has 1 aliphatic heterocycles. The molecule has 0 atom stereocenters. The second-order valence-corrected chi connectivity index (χ2v) is 5.66. The van der Waals surface area contributed by atoms with Crippen molar-refractivity contribution in [3.05, 3.63) is 65.1 Å². The molecule has 0 spiro atoms. The maximum atomic E-state index is 14.2. The topological polar surface area (TPSA) is 44.8 Å². The molecule has 0 fully saturated rings. The van der Waals surface area contributed by atoms with Crippen LogP contribution in [-0.2, 0) is 16.0 Å². The van der Waals surface area contributed by atoms with Gasteiger partial charge in [-0.25, -0.2) is 9.18 Å². The second-order valence-electron chi connectivity index (χ2n) is 5.25. The molecule has 0 aliphatic carbocycles. The molecule has 0 radical (unpaired) electrons. The van der Waals surface area contributed by atoms with E-state index in [1.165, 1.54) is 6.07 Å². The van der Waals surface area contributed by atoms with Crippen molar-refractivity contribution in [2.45, 2.75) is 13.4 Å². The molecule has 0 amide bonds. The predicted octanol–water partition coefficient (Wildman–Crippen LogP) is 3.93. The van der Waals surface area contributed by atoms with Crippen molar-refractivity contribution >= 4 is 29.9 Å². The largest absolute Gasteiger partial charge is 0.454 e. The molecule has 24 heavy (non-hydrogen) atoms. The number of hydrogen-bond acceptors (Lipinski definition) is 4. The van der Waals surface area contributed by atoms with Crippen molar-refractivity contribution < 1.29 is 23.3 Å². The first-order valence-corrected chi connectivity index (χ1v) is 7.60. The lowest BCUT2D eigenvalue weighted by atomic mass is 9.64. The first-order valence-electron chi connectivity index (χ1n) is 7.23. The SMILES string of the molecule is C=COC(=O)c1cc(F)c(Oc2ccc3c(c2)COB3C)cc1Cl. The molecule has 0 bridgehead atoms. The van der Waals surface area contributed by atoms with Crippen LogP contribution < -0.4 is 10.2 Å². The second kappa shape index (κ2) is 6.67. The molecular weight excluding hydrogens is 333 g/mol. The van der Waals surface area contributed by atoms with Crippen LogP contribution in [0.2, 0.25) is 11.8 Å². The van der Waals surface area contributed by atoms with Crippen molar-refractivity contribution in [2.24, 2.45) is 0 Å². The Kier molecular flexibility index (Phi) is 4.60. The summed E-state index contributed by atoms with van der Waals surface area (Å²) in [4.78, 5) is 11.6. The molecule has 0 N–H and O–H groups in total. The van der Waals surface area contributed by atoms with E-state index in [1.807, 2.05) is 12.9 Å². The third-order valence-electron chi connectivity index (χ3n) is 3.70. The summed E-state index contributed by atoms with van der Waals surface area (Å²) in [6.45, 7) is 5.76. The van der Waals surface area contributed by atoms with Crippen LogP contribution >= 0.6 is 11.6 Å². The van der Waals surface area contributed by atoms with Crippen LogP contribution in [0.15, 0.2) is 43.2 Å². The summed E-state index contributed by atoms with van der Waals surface area (Å²) >= 11 is 6.01. The van der Waals surface area contributed by atoms with E-state index in [0.29, 0.717) is 12.4 Å². The zero-order valence-electron chi connectivity index (χ0n) is 12.8. The van der Waals surface area contributed by atoms with Gasteiger partial charge in [0.05, 0.1) is 23.5 Å². The summed E-state index contributed by atoms with van der Waals surface area (Å²) < 4.78 is 29.9. The molecule has 7 heteroatoms. The van der Waals surface area contributed by atoms with Gasteiger partial charge >= 0.3 is 12.9 Å². The summed E-state index contributed by atoms with van der Waals surface area (Å²) in [5.74, 6) is -1.13. The number of fused-ring (bicyclic) bond motifs is 1. The number of halogens is 2. The fourth-order valence-corrected chi connectivity index (χ4v) is 2.73. The Morgan fingerprint density at radius 3 is 2.96 bits per heavy atom. The van der Waals surface area contributed by atoms with Crippen LogP contribution in [0.3, 0.4) is 0 Å². The van der Waals surface area contributed by atoms with Gasteiger partial charge in [-0.15, -0.1) is 0 Å².